The molecule has 0 N–H and O–H groups in total. The van der Waals surface area contributed by atoms with Crippen molar-refractivity contribution in [3.63, 3.8) is 0 Å². The van der Waals surface area contributed by atoms with Crippen molar-refractivity contribution in [2.75, 3.05) is 31.1 Å². The Balaban J connectivity index is 1.66. The fraction of sp³-hybridized carbons (Fsp3) is 0.450. The number of nitrogens with zero attached hydrogens (tertiary/aromatic N) is 3. The van der Waals surface area contributed by atoms with Gasteiger partial charge in [0.05, 0.1) is 12.5 Å². The number of hydrogen-bond acceptors (Lipinski definition) is 5. The summed E-state index contributed by atoms with van der Waals surface area (Å²) in [6.45, 7) is 3.87. The summed E-state index contributed by atoms with van der Waals surface area (Å²) in [7, 11) is 0. The molecule has 2 heterocycles. The fourth-order valence-corrected chi connectivity index (χ4v) is 3.53. The Labute approximate surface area is 153 Å². The minimum absolute atomic E-state index is 0.135. The summed E-state index contributed by atoms with van der Waals surface area (Å²) in [5, 5.41) is 9.48. The highest BCUT2D eigenvalue weighted by molar-refractivity contribution is 5.98. The molecule has 2 aliphatic rings. The first-order valence-electron chi connectivity index (χ1n) is 9.06. The Morgan fingerprint density at radius 2 is 2.00 bits per heavy atom. The van der Waals surface area contributed by atoms with Gasteiger partial charge in [0, 0.05) is 31.5 Å². The number of ether oxygens (including phenoxy) is 1. The van der Waals surface area contributed by atoms with Crippen molar-refractivity contribution in [2.24, 2.45) is 5.92 Å². The minimum Gasteiger partial charge on any atom is -0.466 e. The van der Waals surface area contributed by atoms with Crippen molar-refractivity contribution >= 4 is 17.6 Å². The predicted octanol–water partition coefficient (Wildman–Crippen LogP) is 2.26. The molecule has 1 amide bonds. The van der Waals surface area contributed by atoms with E-state index in [1.165, 1.54) is 5.56 Å². The lowest BCUT2D eigenvalue weighted by molar-refractivity contribution is -0.150. The maximum Gasteiger partial charge on any atom is 0.309 e. The number of hydrogen-bond donors (Lipinski definition) is 0. The highest BCUT2D eigenvalue weighted by Gasteiger charge is 2.30. The van der Waals surface area contributed by atoms with Gasteiger partial charge in [-0.25, -0.2) is 0 Å². The van der Waals surface area contributed by atoms with Gasteiger partial charge in [0.15, 0.2) is 0 Å². The monoisotopic (exact) mass is 353 g/mol. The molecule has 6 nitrogen and oxygen atoms in total. The van der Waals surface area contributed by atoms with Gasteiger partial charge in [0.25, 0.3) is 5.91 Å². The number of carbonyl (C=O) groups excluding carboxylic acids is 2. The number of amides is 1. The van der Waals surface area contributed by atoms with Crippen LogP contribution in [0.1, 0.15) is 25.3 Å². The van der Waals surface area contributed by atoms with Crippen LogP contribution in [-0.2, 0) is 20.7 Å². The Kier molecular flexibility index (Phi) is 5.57. The van der Waals surface area contributed by atoms with Crippen molar-refractivity contribution in [3.8, 4) is 6.07 Å². The number of para-hydroxylation sites is 1. The molecular weight excluding hydrogens is 330 g/mol. The molecule has 1 aromatic rings. The summed E-state index contributed by atoms with van der Waals surface area (Å²) >= 11 is 0. The SMILES string of the molecule is CCOC(=O)C1CCN(C(=O)/C(C#N)=C\N2CCc3ccccc32)CC1. The number of piperidine rings is 1. The molecule has 26 heavy (non-hydrogen) atoms. The van der Waals surface area contributed by atoms with Crippen LogP contribution in [0.4, 0.5) is 5.69 Å². The van der Waals surface area contributed by atoms with Crippen molar-refractivity contribution in [1.82, 2.24) is 4.90 Å². The van der Waals surface area contributed by atoms with Crippen LogP contribution < -0.4 is 4.90 Å². The lowest BCUT2D eigenvalue weighted by Gasteiger charge is -2.30. The quantitative estimate of drug-likeness (QED) is 0.472. The van der Waals surface area contributed by atoms with E-state index in [4.69, 9.17) is 4.74 Å². The number of anilines is 1. The average Bonchev–Trinajstić information content (AvgIpc) is 3.09. The van der Waals surface area contributed by atoms with Crippen molar-refractivity contribution in [3.05, 3.63) is 41.6 Å². The molecule has 6 heteroatoms. The molecule has 0 aromatic heterocycles. The summed E-state index contributed by atoms with van der Waals surface area (Å²) in [5.74, 6) is -0.609. The maximum atomic E-state index is 12.7. The Hall–Kier alpha value is -2.81. The van der Waals surface area contributed by atoms with Crippen molar-refractivity contribution in [1.29, 1.82) is 5.26 Å². The number of likely N-dealkylation sites (tertiary alicyclic amines) is 1. The van der Waals surface area contributed by atoms with Crippen LogP contribution >= 0.6 is 0 Å². The van der Waals surface area contributed by atoms with E-state index in [9.17, 15) is 14.9 Å². The Morgan fingerprint density at radius 3 is 2.69 bits per heavy atom. The third-order valence-corrected chi connectivity index (χ3v) is 4.96. The molecule has 136 valence electrons. The van der Waals surface area contributed by atoms with Crippen molar-refractivity contribution < 1.29 is 14.3 Å². The molecule has 0 aliphatic carbocycles. The lowest BCUT2D eigenvalue weighted by atomic mass is 9.96. The van der Waals surface area contributed by atoms with Crippen LogP contribution in [0.2, 0.25) is 0 Å². The number of carbonyl (C=O) groups is 2. The fourth-order valence-electron chi connectivity index (χ4n) is 3.53. The first-order chi connectivity index (χ1) is 12.6. The highest BCUT2D eigenvalue weighted by atomic mass is 16.5. The minimum atomic E-state index is -0.265. The van der Waals surface area contributed by atoms with E-state index < -0.39 is 0 Å². The molecular formula is C20H23N3O3. The van der Waals surface area contributed by atoms with Gasteiger partial charge in [-0.3, -0.25) is 9.59 Å². The zero-order chi connectivity index (χ0) is 18.5. The van der Waals surface area contributed by atoms with E-state index in [-0.39, 0.29) is 23.4 Å². The topological polar surface area (TPSA) is 73.6 Å². The molecule has 1 aromatic carbocycles. The second-order valence-electron chi connectivity index (χ2n) is 6.55. The smallest absolute Gasteiger partial charge is 0.309 e. The zero-order valence-corrected chi connectivity index (χ0v) is 15.0. The van der Waals surface area contributed by atoms with Gasteiger partial charge < -0.3 is 14.5 Å². The van der Waals surface area contributed by atoms with Gasteiger partial charge in [0.2, 0.25) is 0 Å². The Morgan fingerprint density at radius 1 is 1.27 bits per heavy atom. The first kappa shape index (κ1) is 18.0. The molecule has 3 rings (SSSR count). The molecule has 2 aliphatic heterocycles. The van der Waals surface area contributed by atoms with Gasteiger partial charge >= 0.3 is 5.97 Å². The molecule has 0 saturated carbocycles. The van der Waals surface area contributed by atoms with E-state index in [0.717, 1.165) is 18.7 Å². The van der Waals surface area contributed by atoms with Gasteiger partial charge in [-0.05, 0) is 37.8 Å². The number of nitriles is 1. The summed E-state index contributed by atoms with van der Waals surface area (Å²) in [4.78, 5) is 28.2. The average molecular weight is 353 g/mol. The van der Waals surface area contributed by atoms with Gasteiger partial charge in [-0.2, -0.15) is 5.26 Å². The van der Waals surface area contributed by atoms with E-state index in [1.807, 2.05) is 29.2 Å². The van der Waals surface area contributed by atoms with Crippen LogP contribution in [0.3, 0.4) is 0 Å². The first-order valence-corrected chi connectivity index (χ1v) is 9.06. The van der Waals surface area contributed by atoms with E-state index in [0.29, 0.717) is 32.5 Å². The Bertz CT molecular complexity index is 758. The van der Waals surface area contributed by atoms with Crippen LogP contribution in [0.25, 0.3) is 0 Å². The third kappa shape index (κ3) is 3.72. The van der Waals surface area contributed by atoms with Crippen molar-refractivity contribution in [2.45, 2.75) is 26.2 Å². The molecule has 0 atom stereocenters. The normalized spacial score (nSPS) is 17.6. The summed E-state index contributed by atoms with van der Waals surface area (Å²) in [5.41, 5.74) is 2.41. The third-order valence-electron chi connectivity index (χ3n) is 4.96. The van der Waals surface area contributed by atoms with Gasteiger partial charge in [0.1, 0.15) is 11.6 Å². The molecule has 0 radical (unpaired) electrons. The second-order valence-corrected chi connectivity index (χ2v) is 6.55. The van der Waals surface area contributed by atoms with Crippen LogP contribution in [-0.4, -0.2) is 43.0 Å². The van der Waals surface area contributed by atoms with E-state index in [2.05, 4.69) is 6.07 Å². The predicted molar refractivity (Wildman–Crippen MR) is 97.1 cm³/mol. The number of benzene rings is 1. The number of rotatable bonds is 4. The molecule has 0 unspecified atom stereocenters. The van der Waals surface area contributed by atoms with Crippen LogP contribution in [0.15, 0.2) is 36.0 Å². The standard InChI is InChI=1S/C20H23N3O3/c1-2-26-20(25)16-8-10-22(11-9-16)19(24)17(13-21)14-23-12-7-15-5-3-4-6-18(15)23/h3-6,14,16H,2,7-12H2,1H3/b17-14-. The van der Waals surface area contributed by atoms with E-state index in [1.54, 1.807) is 18.0 Å². The second kappa shape index (κ2) is 8.05. The maximum absolute atomic E-state index is 12.7. The number of fused-ring (bicyclic) bond motifs is 1. The summed E-state index contributed by atoms with van der Waals surface area (Å²) in [6, 6.07) is 10.1. The summed E-state index contributed by atoms with van der Waals surface area (Å²) in [6.07, 6.45) is 3.72. The number of esters is 1. The zero-order valence-electron chi connectivity index (χ0n) is 15.0. The largest absolute Gasteiger partial charge is 0.466 e. The van der Waals surface area contributed by atoms with Gasteiger partial charge in [-0.1, -0.05) is 18.2 Å². The van der Waals surface area contributed by atoms with Crippen LogP contribution in [0, 0.1) is 17.2 Å². The molecule has 1 saturated heterocycles. The molecule has 1 fully saturated rings. The highest BCUT2D eigenvalue weighted by Crippen LogP contribution is 2.28. The van der Waals surface area contributed by atoms with Crippen LogP contribution in [0.5, 0.6) is 0 Å². The molecule has 0 spiro atoms. The lowest BCUT2D eigenvalue weighted by Crippen LogP contribution is -2.41. The summed E-state index contributed by atoms with van der Waals surface area (Å²) < 4.78 is 5.05. The van der Waals surface area contributed by atoms with E-state index >= 15 is 0 Å². The van der Waals surface area contributed by atoms with Gasteiger partial charge in [-0.15, -0.1) is 0 Å². The molecule has 0 bridgehead atoms.